The minimum atomic E-state index is 1.12. The molecule has 5 aromatic rings. The number of hydrogen-bond acceptors (Lipinski definition) is 0. The molecule has 154 valence electrons. The number of aryl methyl sites for hydroxylation is 1. The minimum absolute atomic E-state index is 1.12. The normalized spacial score (nSPS) is 11.9. The van der Waals surface area contributed by atoms with Gasteiger partial charge in [0.25, 0.3) is 0 Å². The number of nitrogens with zero attached hydrogens (tertiary/aromatic N) is 1. The largest absolute Gasteiger partial charge is 0.347 e. The Kier molecular flexibility index (Phi) is 5.58. The molecule has 1 aromatic heterocycles. The van der Waals surface area contributed by atoms with E-state index in [1.165, 1.54) is 69.3 Å². The maximum absolute atomic E-state index is 2.39. The fourth-order valence-electron chi connectivity index (χ4n) is 4.48. The molecule has 0 aliphatic rings. The maximum atomic E-state index is 2.39. The predicted molar refractivity (Wildman–Crippen MR) is 136 cm³/mol. The van der Waals surface area contributed by atoms with Gasteiger partial charge in [-0.15, -0.1) is 0 Å². The summed E-state index contributed by atoms with van der Waals surface area (Å²) < 4.78 is 2.39. The molecule has 31 heavy (non-hydrogen) atoms. The molecule has 0 saturated heterocycles. The Balaban J connectivity index is 1.36. The van der Waals surface area contributed by atoms with Gasteiger partial charge in [0.15, 0.2) is 0 Å². The van der Waals surface area contributed by atoms with Crippen molar-refractivity contribution in [1.82, 2.24) is 4.57 Å². The summed E-state index contributed by atoms with van der Waals surface area (Å²) in [6, 6.07) is 28.9. The molecular weight excluding hydrogens is 374 g/mol. The van der Waals surface area contributed by atoms with E-state index >= 15 is 0 Å². The average molecular weight is 404 g/mol. The molecule has 0 amide bonds. The van der Waals surface area contributed by atoms with Crippen molar-refractivity contribution in [2.45, 2.75) is 39.2 Å². The van der Waals surface area contributed by atoms with Gasteiger partial charge in [-0.1, -0.05) is 80.8 Å². The zero-order chi connectivity index (χ0) is 21.0. The summed E-state index contributed by atoms with van der Waals surface area (Å²) in [7, 11) is 0. The van der Waals surface area contributed by atoms with E-state index in [9.17, 15) is 0 Å². The quantitative estimate of drug-likeness (QED) is 0.145. The Morgan fingerprint density at radius 3 is 2.06 bits per heavy atom. The van der Waals surface area contributed by atoms with Gasteiger partial charge in [-0.2, -0.15) is 0 Å². The Bertz CT molecular complexity index is 1370. The molecule has 0 atom stereocenters. The first kappa shape index (κ1) is 19.6. The molecule has 0 aliphatic carbocycles. The van der Waals surface area contributed by atoms with Crippen LogP contribution in [-0.4, -0.2) is 4.57 Å². The lowest BCUT2D eigenvalue weighted by molar-refractivity contribution is 0.593. The van der Waals surface area contributed by atoms with Crippen molar-refractivity contribution in [3.63, 3.8) is 0 Å². The smallest absolute Gasteiger partial charge is 0.0480 e. The fraction of sp³-hybridized carbons (Fsp3) is 0.200. The van der Waals surface area contributed by atoms with Gasteiger partial charge in [-0.25, -0.2) is 0 Å². The first-order valence-corrected chi connectivity index (χ1v) is 11.5. The third-order valence-corrected chi connectivity index (χ3v) is 6.24. The maximum Gasteiger partial charge on any atom is 0.0480 e. The number of unbranched alkanes of at least 4 members (excludes halogenated alkanes) is 3. The highest BCUT2D eigenvalue weighted by Crippen LogP contribution is 2.25. The van der Waals surface area contributed by atoms with Crippen LogP contribution in [0.4, 0.5) is 0 Å². The number of aromatic nitrogens is 1. The van der Waals surface area contributed by atoms with Crippen LogP contribution in [-0.2, 0) is 6.54 Å². The summed E-state index contributed by atoms with van der Waals surface area (Å²) in [5, 5.41) is 6.49. The predicted octanol–water partition coefficient (Wildman–Crippen LogP) is 8.70. The number of hydrogen-bond donors (Lipinski definition) is 0. The summed E-state index contributed by atoms with van der Waals surface area (Å²) in [6.07, 6.45) is 11.9. The molecule has 0 bridgehead atoms. The summed E-state index contributed by atoms with van der Waals surface area (Å²) in [5.41, 5.74) is 3.82. The molecule has 0 saturated carbocycles. The van der Waals surface area contributed by atoms with Crippen molar-refractivity contribution in [2.75, 3.05) is 0 Å². The van der Waals surface area contributed by atoms with Crippen LogP contribution in [0.2, 0.25) is 0 Å². The van der Waals surface area contributed by atoms with E-state index in [0.29, 0.717) is 0 Å². The fourth-order valence-corrected chi connectivity index (χ4v) is 4.48. The first-order valence-electron chi connectivity index (χ1n) is 11.5. The van der Waals surface area contributed by atoms with E-state index < -0.39 is 0 Å². The molecule has 0 N–H and O–H groups in total. The Morgan fingerprint density at radius 1 is 0.613 bits per heavy atom. The summed E-state index contributed by atoms with van der Waals surface area (Å²) in [4.78, 5) is 0. The lowest BCUT2D eigenvalue weighted by Gasteiger charge is -2.05. The lowest BCUT2D eigenvalue weighted by Crippen LogP contribution is -1.95. The second kappa shape index (κ2) is 8.81. The topological polar surface area (TPSA) is 4.93 Å². The van der Waals surface area contributed by atoms with E-state index in [2.05, 4.69) is 109 Å². The van der Waals surface area contributed by atoms with E-state index in [1.807, 2.05) is 0 Å². The Morgan fingerprint density at radius 2 is 1.29 bits per heavy atom. The second-order valence-electron chi connectivity index (χ2n) is 8.53. The zero-order valence-corrected chi connectivity index (χ0v) is 18.2. The number of fused-ring (bicyclic) bond motifs is 3. The van der Waals surface area contributed by atoms with Gasteiger partial charge < -0.3 is 4.57 Å². The molecule has 1 heteroatoms. The van der Waals surface area contributed by atoms with E-state index in [-0.39, 0.29) is 0 Å². The highest BCUT2D eigenvalue weighted by atomic mass is 14.9. The van der Waals surface area contributed by atoms with E-state index in [4.69, 9.17) is 0 Å². The monoisotopic (exact) mass is 403 g/mol. The highest BCUT2D eigenvalue weighted by Gasteiger charge is 2.02. The van der Waals surface area contributed by atoms with Gasteiger partial charge >= 0.3 is 0 Å². The van der Waals surface area contributed by atoms with Crippen LogP contribution >= 0.6 is 0 Å². The first-order chi connectivity index (χ1) is 15.3. The van der Waals surface area contributed by atoms with Gasteiger partial charge in [0.05, 0.1) is 0 Å². The molecule has 0 fully saturated rings. The van der Waals surface area contributed by atoms with Gasteiger partial charge in [0, 0.05) is 23.6 Å². The molecule has 0 radical (unpaired) electrons. The molecule has 4 aromatic carbocycles. The average Bonchev–Trinajstić information content (AvgIpc) is 3.21. The summed E-state index contributed by atoms with van der Waals surface area (Å²) >= 11 is 0. The highest BCUT2D eigenvalue weighted by molar-refractivity contribution is 5.99. The third kappa shape index (κ3) is 4.27. The van der Waals surface area contributed by atoms with Crippen molar-refractivity contribution in [2.24, 2.45) is 0 Å². The lowest BCUT2D eigenvalue weighted by atomic mass is 10.0. The second-order valence-corrected chi connectivity index (χ2v) is 8.53. The number of benzene rings is 4. The van der Waals surface area contributed by atoms with Crippen LogP contribution in [0.1, 0.15) is 43.7 Å². The minimum Gasteiger partial charge on any atom is -0.347 e. The van der Waals surface area contributed by atoms with Crippen molar-refractivity contribution in [3.8, 4) is 0 Å². The molecule has 1 nitrogen and oxygen atoms in total. The van der Waals surface area contributed by atoms with Crippen molar-refractivity contribution in [3.05, 3.63) is 96.2 Å². The van der Waals surface area contributed by atoms with Crippen LogP contribution in [0, 0.1) is 0 Å². The van der Waals surface area contributed by atoms with Crippen molar-refractivity contribution >= 4 is 44.6 Å². The zero-order valence-electron chi connectivity index (χ0n) is 18.2. The standard InChI is InChI=1S/C30H29N/c1-2-3-4-7-17-31-18-16-28-19-24(13-15-30(28)31)11-10-23-12-14-27-21-25-8-5-6-9-26(25)22-29(27)20-23/h5-6,8-16,18-22H,2-4,7,17H2,1H3/b11-10+. The van der Waals surface area contributed by atoms with Gasteiger partial charge in [-0.3, -0.25) is 0 Å². The van der Waals surface area contributed by atoms with Crippen molar-refractivity contribution < 1.29 is 0 Å². The van der Waals surface area contributed by atoms with Crippen LogP contribution < -0.4 is 0 Å². The van der Waals surface area contributed by atoms with Gasteiger partial charge in [0.1, 0.15) is 0 Å². The van der Waals surface area contributed by atoms with E-state index in [1.54, 1.807) is 0 Å². The van der Waals surface area contributed by atoms with Crippen LogP contribution in [0.5, 0.6) is 0 Å². The van der Waals surface area contributed by atoms with Crippen LogP contribution in [0.25, 0.3) is 44.6 Å². The third-order valence-electron chi connectivity index (χ3n) is 6.24. The molecular formula is C30H29N. The number of rotatable bonds is 7. The molecule has 0 unspecified atom stereocenters. The Hall–Kier alpha value is -3.32. The van der Waals surface area contributed by atoms with Crippen LogP contribution in [0.15, 0.2) is 85.1 Å². The molecule has 5 rings (SSSR count). The van der Waals surface area contributed by atoms with Gasteiger partial charge in [-0.05, 0) is 75.5 Å². The summed E-state index contributed by atoms with van der Waals surface area (Å²) in [5.74, 6) is 0. The van der Waals surface area contributed by atoms with E-state index in [0.717, 1.165) is 6.54 Å². The van der Waals surface area contributed by atoms with Gasteiger partial charge in [0.2, 0.25) is 0 Å². The molecule has 1 heterocycles. The molecule has 0 aliphatic heterocycles. The SMILES string of the molecule is CCCCCCn1ccc2cc(/C=C/c3ccc4cc5ccccc5cc4c3)ccc21. The Labute approximate surface area is 184 Å². The summed E-state index contributed by atoms with van der Waals surface area (Å²) in [6.45, 7) is 3.38. The molecule has 0 spiro atoms. The van der Waals surface area contributed by atoms with Crippen molar-refractivity contribution in [1.29, 1.82) is 0 Å². The van der Waals surface area contributed by atoms with Crippen LogP contribution in [0.3, 0.4) is 0 Å².